The average Bonchev–Trinajstić information content (AvgIpc) is 3.78. The van der Waals surface area contributed by atoms with Crippen molar-refractivity contribution in [2.24, 2.45) is 0 Å². The van der Waals surface area contributed by atoms with Gasteiger partial charge in [0.1, 0.15) is 16.5 Å². The molecule has 0 unspecified atom stereocenters. The minimum absolute atomic E-state index is 0.580. The van der Waals surface area contributed by atoms with Crippen molar-refractivity contribution in [3.63, 3.8) is 0 Å². The maximum atomic E-state index is 5.98. The number of hydrogen-bond acceptors (Lipinski definition) is 1. The quantitative estimate of drug-likeness (QED) is 0.0979. The van der Waals surface area contributed by atoms with E-state index in [1.807, 2.05) is 0 Å². The Hall–Kier alpha value is -1.98. The van der Waals surface area contributed by atoms with Crippen molar-refractivity contribution in [2.75, 3.05) is 0 Å². The van der Waals surface area contributed by atoms with Crippen molar-refractivity contribution in [2.45, 2.75) is 118 Å². The van der Waals surface area contributed by atoms with Gasteiger partial charge in [0.2, 0.25) is 0 Å². The fourth-order valence-electron chi connectivity index (χ4n) is 7.20. The van der Waals surface area contributed by atoms with Crippen molar-refractivity contribution < 1.29 is 20.8 Å². The first kappa shape index (κ1) is 47.4. The van der Waals surface area contributed by atoms with Crippen LogP contribution in [0.2, 0.25) is 39.3 Å². The number of nitrogens with zero attached hydrogens (tertiary/aromatic N) is 1. The molecule has 0 atom stereocenters. The normalized spacial score (nSPS) is 11.5. The molecule has 6 aromatic rings. The van der Waals surface area contributed by atoms with Gasteiger partial charge < -0.3 is 4.14 Å². The number of rotatable bonds is 10. The Labute approximate surface area is 357 Å². The molecule has 0 heterocycles. The van der Waals surface area contributed by atoms with Crippen LogP contribution in [0.1, 0.15) is 88.5 Å². The van der Waals surface area contributed by atoms with Gasteiger partial charge in [-0.1, -0.05) is 165 Å². The third-order valence-electron chi connectivity index (χ3n) is 9.98. The van der Waals surface area contributed by atoms with Crippen molar-refractivity contribution in [1.29, 1.82) is 0 Å². The molecular weight excluding hydrogens is 820 g/mol. The number of fused-ring (bicyclic) bond motifs is 2. The van der Waals surface area contributed by atoms with Gasteiger partial charge in [-0.15, -0.1) is 69.1 Å². The van der Waals surface area contributed by atoms with E-state index in [1.165, 1.54) is 78.9 Å². The monoisotopic (exact) mass is 881 g/mol. The zero-order valence-electron chi connectivity index (χ0n) is 35.7. The Balaban J connectivity index is 0.000000227. The molecule has 6 aromatic carbocycles. The zero-order valence-corrected chi connectivity index (χ0v) is 41.6. The fraction of sp³-hybridized carbons (Fsp3) is 0.375. The summed E-state index contributed by atoms with van der Waals surface area (Å²) in [6.45, 7) is 27.2. The van der Waals surface area contributed by atoms with Crippen LogP contribution in [0, 0.1) is 0 Å². The van der Waals surface area contributed by atoms with Crippen LogP contribution in [0.5, 0.6) is 0 Å². The summed E-state index contributed by atoms with van der Waals surface area (Å²) in [7, 11) is 13.4. The number of halogens is 2. The van der Waals surface area contributed by atoms with Gasteiger partial charge in [-0.2, -0.15) is 12.1 Å². The topological polar surface area (TPSA) is 3.24 Å². The summed E-state index contributed by atoms with van der Waals surface area (Å²) in [4.78, 5) is 0. The van der Waals surface area contributed by atoms with E-state index in [4.69, 9.17) is 25.0 Å². The first-order valence-electron chi connectivity index (χ1n) is 20.0. The summed E-state index contributed by atoms with van der Waals surface area (Å²) in [6, 6.07) is 40.5. The van der Waals surface area contributed by atoms with Crippen molar-refractivity contribution >= 4 is 63.0 Å². The van der Waals surface area contributed by atoms with E-state index in [0.717, 1.165) is 12.8 Å². The molecule has 290 valence electrons. The van der Waals surface area contributed by atoms with E-state index in [0.29, 0.717) is 11.8 Å². The predicted molar refractivity (Wildman–Crippen MR) is 252 cm³/mol. The molecule has 0 fully saturated rings. The van der Waals surface area contributed by atoms with Gasteiger partial charge in [-0.05, 0) is 46.9 Å². The van der Waals surface area contributed by atoms with Crippen LogP contribution in [-0.4, -0.2) is 28.6 Å². The first-order valence-corrected chi connectivity index (χ1v) is 33.3. The summed E-state index contributed by atoms with van der Waals surface area (Å²) < 4.78 is 2.15. The summed E-state index contributed by atoms with van der Waals surface area (Å²) in [5.41, 5.74) is 11.3. The van der Waals surface area contributed by atoms with Gasteiger partial charge in [0.05, 0.1) is 0 Å². The zero-order chi connectivity index (χ0) is 40.9. The number of benzene rings is 4. The predicted octanol–water partition coefficient (Wildman–Crippen LogP) is 16.0. The average molecular weight is 884 g/mol. The molecule has 0 saturated heterocycles. The Bertz CT molecular complexity index is 1910. The summed E-state index contributed by atoms with van der Waals surface area (Å²) in [6.07, 6.45) is 4.66. The molecule has 0 bridgehead atoms. The Morgan fingerprint density at radius 2 is 0.891 bits per heavy atom. The maximum absolute atomic E-state index is 5.98. The third-order valence-corrected chi connectivity index (χ3v) is 16.9. The van der Waals surface area contributed by atoms with Gasteiger partial charge in [-0.3, -0.25) is 0 Å². The van der Waals surface area contributed by atoms with E-state index >= 15 is 0 Å². The molecule has 0 aromatic heterocycles. The van der Waals surface area contributed by atoms with Crippen LogP contribution in [0.15, 0.2) is 109 Å². The molecule has 0 aliphatic carbocycles. The molecule has 0 N–H and O–H groups in total. The summed E-state index contributed by atoms with van der Waals surface area (Å²) in [5.74, 6) is 1.16. The number of hydrogen-bond donors (Lipinski definition) is 0. The molecule has 0 amide bonds. The van der Waals surface area contributed by atoms with Crippen LogP contribution in [0.3, 0.4) is 0 Å². The molecule has 6 rings (SSSR count). The molecule has 0 aliphatic rings. The SMILES string of the molecule is CCCc1ccccc1-c1cccc2[cH-]c(C(C)C)cc12.CCCc1ccccc1-c1cccc2[cH-]c(C(C)C)cc12.[B]N([Si](C)(C)C)[Si](C)(C)C.[Cl][Zr+2][Cl]. The molecule has 2 radical (unpaired) electrons. The molecule has 1 nitrogen and oxygen atoms in total. The molecule has 55 heavy (non-hydrogen) atoms. The molecule has 0 spiro atoms. The second kappa shape index (κ2) is 22.2. The Morgan fingerprint density at radius 1 is 0.564 bits per heavy atom. The number of aryl methyl sites for hydroxylation is 2. The van der Waals surface area contributed by atoms with Crippen LogP contribution >= 0.6 is 17.0 Å². The van der Waals surface area contributed by atoms with E-state index in [-0.39, 0.29) is 0 Å². The van der Waals surface area contributed by atoms with Gasteiger partial charge in [0.15, 0.2) is 7.98 Å². The van der Waals surface area contributed by atoms with Crippen molar-refractivity contribution in [3.8, 4) is 22.3 Å². The van der Waals surface area contributed by atoms with Gasteiger partial charge in [0, 0.05) is 0 Å². The first-order chi connectivity index (χ1) is 26.0. The van der Waals surface area contributed by atoms with Crippen molar-refractivity contribution in [3.05, 3.63) is 131 Å². The fourth-order valence-corrected chi connectivity index (χ4v) is 15.2. The minimum atomic E-state index is -1.22. The third kappa shape index (κ3) is 13.5. The van der Waals surface area contributed by atoms with Gasteiger partial charge in [0.25, 0.3) is 0 Å². The Kier molecular flexibility index (Phi) is 19.2. The van der Waals surface area contributed by atoms with Gasteiger partial charge in [-0.25, -0.2) is 0 Å². The Morgan fingerprint density at radius 3 is 1.18 bits per heavy atom. The van der Waals surface area contributed by atoms with Crippen molar-refractivity contribution in [1.82, 2.24) is 4.14 Å². The van der Waals surface area contributed by atoms with E-state index in [1.54, 1.807) is 0 Å². The van der Waals surface area contributed by atoms with Crippen LogP contribution in [-0.2, 0) is 33.7 Å². The van der Waals surface area contributed by atoms with Crippen LogP contribution < -0.4 is 0 Å². The molecule has 7 heteroatoms. The van der Waals surface area contributed by atoms with E-state index in [2.05, 4.69) is 194 Å². The van der Waals surface area contributed by atoms with E-state index < -0.39 is 37.3 Å². The molecule has 0 aliphatic heterocycles. The summed E-state index contributed by atoms with van der Waals surface area (Å²) in [5, 5.41) is 5.51. The second-order valence-corrected chi connectivity index (χ2v) is 30.9. The standard InChI is InChI=1S/2C21H23.C6H18BNSi2.2ClH.Zr/c2*1-4-8-16-9-5-6-11-19(16)20-12-7-10-17-13-18(15(2)3)14-21(17)20;1-9(2,3)8(7)10(4,5)6;;;/h2*5-7,9-15H,4,8H2,1-3H3;1-6H3;2*1H;/q2*-1;;;;+4/p-2. The van der Waals surface area contributed by atoms with Crippen LogP contribution in [0.25, 0.3) is 43.8 Å². The van der Waals surface area contributed by atoms with E-state index in [9.17, 15) is 0 Å². The summed E-state index contributed by atoms with van der Waals surface area (Å²) >= 11 is -0.826. The van der Waals surface area contributed by atoms with Crippen LogP contribution in [0.4, 0.5) is 0 Å². The van der Waals surface area contributed by atoms with Gasteiger partial charge >= 0.3 is 37.9 Å². The molecule has 0 saturated carbocycles. The molecular formula is C48H64BCl2NSi2Zr. The second-order valence-electron chi connectivity index (χ2n) is 17.1.